The van der Waals surface area contributed by atoms with Crippen molar-refractivity contribution in [3.8, 4) is 0 Å². The second-order valence-corrected chi connectivity index (χ2v) is 4.70. The Balaban J connectivity index is 2.71. The van der Waals surface area contributed by atoms with Crippen LogP contribution in [0.15, 0.2) is 22.7 Å². The molecule has 0 unspecified atom stereocenters. The van der Waals surface area contributed by atoms with E-state index in [1.807, 2.05) is 13.8 Å². The normalized spacial score (nSPS) is 10.2. The van der Waals surface area contributed by atoms with Crippen LogP contribution in [-0.2, 0) is 0 Å². The van der Waals surface area contributed by atoms with Gasteiger partial charge in [-0.25, -0.2) is 4.39 Å². The van der Waals surface area contributed by atoms with Crippen LogP contribution in [0.4, 0.5) is 10.1 Å². The first-order valence-electron chi connectivity index (χ1n) is 4.51. The number of hydrogen-bond acceptors (Lipinski definition) is 1. The smallest absolute Gasteiger partial charge is 0.171 e. The molecule has 1 aromatic carbocycles. The van der Waals surface area contributed by atoms with Gasteiger partial charge >= 0.3 is 0 Å². The summed E-state index contributed by atoms with van der Waals surface area (Å²) < 4.78 is 14.1. The number of benzene rings is 1. The van der Waals surface area contributed by atoms with Crippen molar-refractivity contribution in [3.63, 3.8) is 0 Å². The Labute approximate surface area is 102 Å². The fourth-order valence-electron chi connectivity index (χ4n) is 1.01. The van der Waals surface area contributed by atoms with E-state index in [0.717, 1.165) is 4.47 Å². The summed E-state index contributed by atoms with van der Waals surface area (Å²) in [6, 6.07) is 4.88. The van der Waals surface area contributed by atoms with Crippen LogP contribution in [0.25, 0.3) is 0 Å². The minimum atomic E-state index is -0.328. The number of hydrogen-bond donors (Lipinski definition) is 2. The van der Waals surface area contributed by atoms with Crippen LogP contribution in [0.2, 0.25) is 0 Å². The molecule has 1 aromatic rings. The van der Waals surface area contributed by atoms with Gasteiger partial charge in [0.05, 0.1) is 5.69 Å². The maximum absolute atomic E-state index is 13.3. The van der Waals surface area contributed by atoms with Gasteiger partial charge in [-0.2, -0.15) is 0 Å². The highest BCUT2D eigenvalue weighted by atomic mass is 79.9. The van der Waals surface area contributed by atoms with Crippen LogP contribution in [0, 0.1) is 5.82 Å². The zero-order chi connectivity index (χ0) is 11.4. The Hall–Kier alpha value is -0.680. The molecule has 1 rings (SSSR count). The van der Waals surface area contributed by atoms with Crippen molar-refractivity contribution < 1.29 is 4.39 Å². The molecule has 0 heterocycles. The van der Waals surface area contributed by atoms with Crippen molar-refractivity contribution in [3.05, 3.63) is 28.5 Å². The molecule has 0 fully saturated rings. The molecule has 0 aromatic heterocycles. The first-order valence-corrected chi connectivity index (χ1v) is 5.71. The molecule has 5 heteroatoms. The molecule has 0 radical (unpaired) electrons. The molecular weight excluding hydrogens is 279 g/mol. The molecule has 15 heavy (non-hydrogen) atoms. The van der Waals surface area contributed by atoms with E-state index in [4.69, 9.17) is 12.2 Å². The van der Waals surface area contributed by atoms with Crippen molar-refractivity contribution >= 4 is 38.9 Å². The third-order valence-corrected chi connectivity index (χ3v) is 2.31. The number of thiocarbonyl (C=S) groups is 1. The molecule has 2 N–H and O–H groups in total. The molecule has 0 aliphatic rings. The molecule has 82 valence electrons. The molecule has 0 atom stereocenters. The van der Waals surface area contributed by atoms with Crippen molar-refractivity contribution in [1.82, 2.24) is 5.32 Å². The standard InChI is InChI=1S/C10H12BrFN2S/c1-6(2)13-10(15)14-9-5-7(11)3-4-8(9)12/h3-6H,1-2H3,(H2,13,14,15). The quantitative estimate of drug-likeness (QED) is 0.818. The number of halogens is 2. The van der Waals surface area contributed by atoms with Crippen LogP contribution >= 0.6 is 28.1 Å². The van der Waals surface area contributed by atoms with Crippen LogP contribution in [0.1, 0.15) is 13.8 Å². The van der Waals surface area contributed by atoms with Crippen molar-refractivity contribution in [1.29, 1.82) is 0 Å². The van der Waals surface area contributed by atoms with Gasteiger partial charge in [-0.1, -0.05) is 15.9 Å². The highest BCUT2D eigenvalue weighted by Gasteiger charge is 2.05. The number of anilines is 1. The van der Waals surface area contributed by atoms with E-state index in [1.165, 1.54) is 6.07 Å². The van der Waals surface area contributed by atoms with Crippen molar-refractivity contribution in [2.75, 3.05) is 5.32 Å². The zero-order valence-electron chi connectivity index (χ0n) is 8.47. The van der Waals surface area contributed by atoms with Gasteiger partial charge in [0.15, 0.2) is 5.11 Å². The molecule has 0 amide bonds. The van der Waals surface area contributed by atoms with Gasteiger partial charge in [0.1, 0.15) is 5.82 Å². The fraction of sp³-hybridized carbons (Fsp3) is 0.300. The second kappa shape index (κ2) is 5.42. The van der Waals surface area contributed by atoms with Crippen molar-refractivity contribution in [2.45, 2.75) is 19.9 Å². The Morgan fingerprint density at radius 2 is 2.13 bits per heavy atom. The SMILES string of the molecule is CC(C)NC(=S)Nc1cc(Br)ccc1F. The Kier molecular flexibility index (Phi) is 4.47. The molecule has 0 bridgehead atoms. The number of nitrogens with one attached hydrogen (secondary N) is 2. The summed E-state index contributed by atoms with van der Waals surface area (Å²) in [6.07, 6.45) is 0. The monoisotopic (exact) mass is 290 g/mol. The van der Waals surface area contributed by atoms with E-state index in [-0.39, 0.29) is 11.9 Å². The van der Waals surface area contributed by atoms with Gasteiger partial charge in [-0.15, -0.1) is 0 Å². The minimum absolute atomic E-state index is 0.222. The summed E-state index contributed by atoms with van der Waals surface area (Å²) in [7, 11) is 0. The molecule has 0 aliphatic heterocycles. The Morgan fingerprint density at radius 3 is 2.73 bits per heavy atom. The first kappa shape index (κ1) is 12.4. The van der Waals surface area contributed by atoms with Crippen LogP contribution in [0.3, 0.4) is 0 Å². The predicted octanol–water partition coefficient (Wildman–Crippen LogP) is 3.28. The topological polar surface area (TPSA) is 24.1 Å². The fourth-order valence-corrected chi connectivity index (χ4v) is 1.72. The summed E-state index contributed by atoms with van der Waals surface area (Å²) >= 11 is 8.28. The van der Waals surface area contributed by atoms with Gasteiger partial charge < -0.3 is 10.6 Å². The average Bonchev–Trinajstić information content (AvgIpc) is 2.10. The molecular formula is C10H12BrFN2S. The van der Waals surface area contributed by atoms with Crippen molar-refractivity contribution in [2.24, 2.45) is 0 Å². The van der Waals surface area contributed by atoms with E-state index < -0.39 is 0 Å². The predicted molar refractivity (Wildman–Crippen MR) is 68.6 cm³/mol. The third kappa shape index (κ3) is 4.13. The van der Waals surface area contributed by atoms with Crippen LogP contribution in [0.5, 0.6) is 0 Å². The van der Waals surface area contributed by atoms with Crippen LogP contribution in [-0.4, -0.2) is 11.2 Å². The summed E-state index contributed by atoms with van der Waals surface area (Å²) in [4.78, 5) is 0. The molecule has 0 saturated heterocycles. The highest BCUT2D eigenvalue weighted by Crippen LogP contribution is 2.19. The van der Waals surface area contributed by atoms with Gasteiger partial charge in [-0.05, 0) is 44.3 Å². The minimum Gasteiger partial charge on any atom is -0.360 e. The molecule has 0 spiro atoms. The summed E-state index contributed by atoms with van der Waals surface area (Å²) in [6.45, 7) is 3.93. The van der Waals surface area contributed by atoms with E-state index in [9.17, 15) is 4.39 Å². The summed E-state index contributed by atoms with van der Waals surface area (Å²) in [5, 5.41) is 6.19. The lowest BCUT2D eigenvalue weighted by molar-refractivity contribution is 0.631. The van der Waals surface area contributed by atoms with E-state index >= 15 is 0 Å². The lowest BCUT2D eigenvalue weighted by Crippen LogP contribution is -2.34. The Morgan fingerprint density at radius 1 is 1.47 bits per heavy atom. The van der Waals surface area contributed by atoms with Gasteiger partial charge in [0.25, 0.3) is 0 Å². The molecule has 2 nitrogen and oxygen atoms in total. The lowest BCUT2D eigenvalue weighted by Gasteiger charge is -2.13. The summed E-state index contributed by atoms with van der Waals surface area (Å²) in [5.41, 5.74) is 0.363. The molecule has 0 saturated carbocycles. The van der Waals surface area contributed by atoms with E-state index in [0.29, 0.717) is 10.8 Å². The largest absolute Gasteiger partial charge is 0.360 e. The zero-order valence-corrected chi connectivity index (χ0v) is 10.9. The maximum Gasteiger partial charge on any atom is 0.171 e. The van der Waals surface area contributed by atoms with Gasteiger partial charge in [0.2, 0.25) is 0 Å². The Bertz CT molecular complexity index is 368. The van der Waals surface area contributed by atoms with Gasteiger partial charge in [0, 0.05) is 10.5 Å². The van der Waals surface area contributed by atoms with E-state index in [1.54, 1.807) is 12.1 Å². The first-order chi connectivity index (χ1) is 6.99. The van der Waals surface area contributed by atoms with Crippen LogP contribution < -0.4 is 10.6 Å². The second-order valence-electron chi connectivity index (χ2n) is 3.38. The average molecular weight is 291 g/mol. The summed E-state index contributed by atoms with van der Waals surface area (Å²) in [5.74, 6) is -0.328. The lowest BCUT2D eigenvalue weighted by atomic mass is 10.3. The van der Waals surface area contributed by atoms with E-state index in [2.05, 4.69) is 26.6 Å². The molecule has 0 aliphatic carbocycles. The highest BCUT2D eigenvalue weighted by molar-refractivity contribution is 9.10. The third-order valence-electron chi connectivity index (χ3n) is 1.60. The van der Waals surface area contributed by atoms with Gasteiger partial charge in [-0.3, -0.25) is 0 Å². The number of rotatable bonds is 2. The maximum atomic E-state index is 13.3.